The second-order valence-corrected chi connectivity index (χ2v) is 11.3. The van der Waals surface area contributed by atoms with E-state index in [1.54, 1.807) is 17.9 Å². The van der Waals surface area contributed by atoms with Crippen LogP contribution in [0.4, 0.5) is 5.69 Å². The van der Waals surface area contributed by atoms with E-state index in [2.05, 4.69) is 5.32 Å². The Morgan fingerprint density at radius 2 is 1.66 bits per heavy atom. The van der Waals surface area contributed by atoms with Gasteiger partial charge < -0.3 is 10.2 Å². The van der Waals surface area contributed by atoms with Gasteiger partial charge in [0, 0.05) is 26.1 Å². The monoisotopic (exact) mass is 501 g/mol. The Kier molecular flexibility index (Phi) is 10.8. The van der Waals surface area contributed by atoms with Gasteiger partial charge in [-0.05, 0) is 55.9 Å². The Labute approximate surface area is 210 Å². The van der Waals surface area contributed by atoms with Crippen molar-refractivity contribution in [3.05, 3.63) is 65.7 Å². The summed E-state index contributed by atoms with van der Waals surface area (Å²) in [5, 5.41) is 2.92. The number of hydrogen-bond acceptors (Lipinski definition) is 4. The highest BCUT2D eigenvalue weighted by molar-refractivity contribution is 7.92. The van der Waals surface area contributed by atoms with Crippen LogP contribution >= 0.6 is 0 Å². The Bertz CT molecular complexity index is 1070. The lowest BCUT2D eigenvalue weighted by Crippen LogP contribution is -2.49. The number of rotatable bonds is 13. The minimum atomic E-state index is -3.50. The molecule has 0 fully saturated rings. The molecule has 0 radical (unpaired) electrons. The number of sulfonamides is 1. The van der Waals surface area contributed by atoms with E-state index in [-0.39, 0.29) is 24.8 Å². The molecule has 35 heavy (non-hydrogen) atoms. The van der Waals surface area contributed by atoms with E-state index >= 15 is 0 Å². The van der Waals surface area contributed by atoms with E-state index in [1.807, 2.05) is 69.3 Å². The van der Waals surface area contributed by atoms with Crippen LogP contribution in [-0.4, -0.2) is 57.1 Å². The van der Waals surface area contributed by atoms with Crippen LogP contribution in [0.1, 0.15) is 44.7 Å². The summed E-state index contributed by atoms with van der Waals surface area (Å²) in [5.74, 6) is -0.0355. The summed E-state index contributed by atoms with van der Waals surface area (Å²) in [4.78, 5) is 27.6. The quantitative estimate of drug-likeness (QED) is 0.453. The summed E-state index contributed by atoms with van der Waals surface area (Å²) in [6.07, 6.45) is 2.30. The molecule has 0 bridgehead atoms. The third kappa shape index (κ3) is 9.36. The zero-order valence-electron chi connectivity index (χ0n) is 21.5. The third-order valence-electron chi connectivity index (χ3n) is 5.78. The molecular weight excluding hydrogens is 462 g/mol. The molecule has 0 spiro atoms. The number of carbonyl (C=O) groups is 2. The Morgan fingerprint density at radius 3 is 2.26 bits per heavy atom. The molecule has 2 aromatic carbocycles. The summed E-state index contributed by atoms with van der Waals surface area (Å²) in [7, 11) is -3.50. The van der Waals surface area contributed by atoms with E-state index in [4.69, 9.17) is 0 Å². The number of carbonyl (C=O) groups excluding carboxylic acids is 2. The zero-order valence-corrected chi connectivity index (χ0v) is 22.3. The lowest BCUT2D eigenvalue weighted by molar-refractivity contribution is -0.140. The zero-order chi connectivity index (χ0) is 26.0. The van der Waals surface area contributed by atoms with Gasteiger partial charge in [-0.15, -0.1) is 0 Å². The lowest BCUT2D eigenvalue weighted by atomic mass is 10.1. The summed E-state index contributed by atoms with van der Waals surface area (Å²) in [6.45, 7) is 8.83. The summed E-state index contributed by atoms with van der Waals surface area (Å²) in [5.41, 5.74) is 2.63. The average molecular weight is 502 g/mol. The number of benzene rings is 2. The molecule has 2 aromatic rings. The predicted molar refractivity (Wildman–Crippen MR) is 142 cm³/mol. The molecular formula is C27H39N3O4S. The third-order valence-corrected chi connectivity index (χ3v) is 6.97. The topological polar surface area (TPSA) is 86.8 Å². The molecule has 0 aliphatic rings. The van der Waals surface area contributed by atoms with Crippen LogP contribution in [0.3, 0.4) is 0 Å². The molecule has 192 valence electrons. The van der Waals surface area contributed by atoms with Crippen molar-refractivity contribution in [1.29, 1.82) is 0 Å². The van der Waals surface area contributed by atoms with Gasteiger partial charge in [-0.3, -0.25) is 13.9 Å². The van der Waals surface area contributed by atoms with Gasteiger partial charge in [-0.25, -0.2) is 8.42 Å². The van der Waals surface area contributed by atoms with E-state index in [9.17, 15) is 18.0 Å². The fourth-order valence-electron chi connectivity index (χ4n) is 3.81. The van der Waals surface area contributed by atoms with Gasteiger partial charge >= 0.3 is 0 Å². The van der Waals surface area contributed by atoms with Gasteiger partial charge in [-0.2, -0.15) is 0 Å². The molecule has 0 heterocycles. The molecule has 1 atom stereocenters. The molecule has 1 N–H and O–H groups in total. The van der Waals surface area contributed by atoms with E-state index in [0.717, 1.165) is 11.1 Å². The fourth-order valence-corrected chi connectivity index (χ4v) is 4.77. The molecule has 0 aliphatic carbocycles. The highest BCUT2D eigenvalue weighted by Crippen LogP contribution is 2.20. The van der Waals surface area contributed by atoms with Crippen LogP contribution in [-0.2, 0) is 26.0 Å². The minimum Gasteiger partial charge on any atom is -0.354 e. The summed E-state index contributed by atoms with van der Waals surface area (Å²) < 4.78 is 26.2. The van der Waals surface area contributed by atoms with Gasteiger partial charge in [0.2, 0.25) is 21.8 Å². The highest BCUT2D eigenvalue weighted by atomic mass is 32.2. The number of anilines is 1. The molecule has 0 unspecified atom stereocenters. The van der Waals surface area contributed by atoms with Crippen molar-refractivity contribution in [1.82, 2.24) is 10.2 Å². The van der Waals surface area contributed by atoms with Gasteiger partial charge in [0.1, 0.15) is 6.04 Å². The van der Waals surface area contributed by atoms with Crippen molar-refractivity contribution in [3.8, 4) is 0 Å². The number of nitrogens with one attached hydrogen (secondary N) is 1. The molecule has 2 amide bonds. The first-order chi connectivity index (χ1) is 16.5. The average Bonchev–Trinajstić information content (AvgIpc) is 2.80. The second-order valence-electron chi connectivity index (χ2n) is 9.42. The SMILES string of the molecule is Cc1cccc(N(CCCC(=O)N(CCc2ccccc2)[C@H](C)C(=O)NCC(C)C)S(C)(=O)=O)c1. The van der Waals surface area contributed by atoms with Crippen molar-refractivity contribution in [2.45, 2.75) is 53.0 Å². The van der Waals surface area contributed by atoms with Crippen molar-refractivity contribution in [3.63, 3.8) is 0 Å². The highest BCUT2D eigenvalue weighted by Gasteiger charge is 2.26. The van der Waals surface area contributed by atoms with Crippen LogP contribution in [0.5, 0.6) is 0 Å². The van der Waals surface area contributed by atoms with E-state index < -0.39 is 16.1 Å². The van der Waals surface area contributed by atoms with Crippen LogP contribution in [0.15, 0.2) is 54.6 Å². The Hall–Kier alpha value is -2.87. The first-order valence-electron chi connectivity index (χ1n) is 12.1. The second kappa shape index (κ2) is 13.3. The summed E-state index contributed by atoms with van der Waals surface area (Å²) in [6, 6.07) is 16.5. The molecule has 8 heteroatoms. The number of aryl methyl sites for hydroxylation is 1. The number of nitrogens with zero attached hydrogens (tertiary/aromatic N) is 2. The normalized spacial score (nSPS) is 12.3. The van der Waals surface area contributed by atoms with Gasteiger partial charge in [0.25, 0.3) is 0 Å². The maximum absolute atomic E-state index is 13.2. The maximum atomic E-state index is 13.2. The van der Waals surface area contributed by atoms with Gasteiger partial charge in [0.05, 0.1) is 11.9 Å². The van der Waals surface area contributed by atoms with Crippen LogP contribution < -0.4 is 9.62 Å². The predicted octanol–water partition coefficient (Wildman–Crippen LogP) is 3.77. The van der Waals surface area contributed by atoms with E-state index in [1.165, 1.54) is 10.6 Å². The first-order valence-corrected chi connectivity index (χ1v) is 14.0. The van der Waals surface area contributed by atoms with Crippen LogP contribution in [0.2, 0.25) is 0 Å². The molecule has 0 saturated heterocycles. The number of amides is 2. The summed E-state index contributed by atoms with van der Waals surface area (Å²) >= 11 is 0. The van der Waals surface area contributed by atoms with Crippen LogP contribution in [0.25, 0.3) is 0 Å². The Morgan fingerprint density at radius 1 is 0.971 bits per heavy atom. The van der Waals surface area contributed by atoms with Crippen molar-refractivity contribution in [2.75, 3.05) is 30.2 Å². The lowest BCUT2D eigenvalue weighted by Gasteiger charge is -2.29. The molecule has 0 aliphatic heterocycles. The van der Waals surface area contributed by atoms with Crippen molar-refractivity contribution in [2.24, 2.45) is 5.92 Å². The van der Waals surface area contributed by atoms with E-state index in [0.29, 0.717) is 37.5 Å². The van der Waals surface area contributed by atoms with Crippen LogP contribution in [0, 0.1) is 12.8 Å². The Balaban J connectivity index is 2.10. The molecule has 0 saturated carbocycles. The molecule has 7 nitrogen and oxygen atoms in total. The standard InChI is InChI=1S/C27H39N3O4S/c1-21(2)20-28-27(32)23(4)29(18-16-24-12-7-6-8-13-24)26(31)15-10-17-30(35(5,33)34)25-14-9-11-22(3)19-25/h6-9,11-14,19,21,23H,10,15-18,20H2,1-5H3,(H,28,32)/t23-/m1/s1. The molecule has 0 aromatic heterocycles. The maximum Gasteiger partial charge on any atom is 0.242 e. The molecule has 2 rings (SSSR count). The minimum absolute atomic E-state index is 0.147. The first kappa shape index (κ1) is 28.4. The smallest absolute Gasteiger partial charge is 0.242 e. The number of hydrogen-bond donors (Lipinski definition) is 1. The fraction of sp³-hybridized carbons (Fsp3) is 0.481. The van der Waals surface area contributed by atoms with Crippen molar-refractivity contribution < 1.29 is 18.0 Å². The van der Waals surface area contributed by atoms with Gasteiger partial charge in [-0.1, -0.05) is 56.3 Å². The largest absolute Gasteiger partial charge is 0.354 e. The van der Waals surface area contributed by atoms with Gasteiger partial charge in [0.15, 0.2) is 0 Å². The van der Waals surface area contributed by atoms with Crippen molar-refractivity contribution >= 4 is 27.5 Å².